The largest absolute Gasteiger partial charge is 0.493 e. The molecule has 0 unspecified atom stereocenters. The summed E-state index contributed by atoms with van der Waals surface area (Å²) in [5, 5.41) is 0. The fourth-order valence-electron chi connectivity index (χ4n) is 3.57. The summed E-state index contributed by atoms with van der Waals surface area (Å²) < 4.78 is 72.7. The lowest BCUT2D eigenvalue weighted by molar-refractivity contribution is -0.137. The van der Waals surface area contributed by atoms with E-state index in [9.17, 15) is 26.4 Å². The molecular formula is C23H27F3N2O5S. The van der Waals surface area contributed by atoms with Crippen LogP contribution in [0.3, 0.4) is 0 Å². The molecular weight excluding hydrogens is 473 g/mol. The molecule has 186 valence electrons. The van der Waals surface area contributed by atoms with Crippen molar-refractivity contribution >= 4 is 20.9 Å². The number of ether oxygens (including phenoxy) is 2. The molecule has 7 nitrogen and oxygen atoms in total. The van der Waals surface area contributed by atoms with Crippen LogP contribution in [0, 0.1) is 0 Å². The Morgan fingerprint density at radius 2 is 1.68 bits per heavy atom. The van der Waals surface area contributed by atoms with E-state index in [0.29, 0.717) is 29.1 Å². The van der Waals surface area contributed by atoms with Gasteiger partial charge in [-0.05, 0) is 55.7 Å². The lowest BCUT2D eigenvalue weighted by Gasteiger charge is -2.12. The van der Waals surface area contributed by atoms with Gasteiger partial charge in [-0.1, -0.05) is 6.07 Å². The van der Waals surface area contributed by atoms with Crippen LogP contribution in [0.15, 0.2) is 41.2 Å². The molecule has 0 bridgehead atoms. The first-order chi connectivity index (χ1) is 15.8. The summed E-state index contributed by atoms with van der Waals surface area (Å²) in [7, 11) is -1.12. The van der Waals surface area contributed by atoms with Gasteiger partial charge in [0.15, 0.2) is 11.5 Å². The topological polar surface area (TPSA) is 79.5 Å². The average Bonchev–Trinajstić information content (AvgIpc) is 3.52. The van der Waals surface area contributed by atoms with Crippen molar-refractivity contribution in [1.82, 2.24) is 9.13 Å². The Kier molecular flexibility index (Phi) is 7.35. The Morgan fingerprint density at radius 1 is 1.03 bits per heavy atom. The third kappa shape index (κ3) is 6.13. The summed E-state index contributed by atoms with van der Waals surface area (Å²) in [6.45, 7) is 2.55. The van der Waals surface area contributed by atoms with Gasteiger partial charge in [-0.3, -0.25) is 9.13 Å². The first-order valence-corrected chi connectivity index (χ1v) is 12.9. The standard InChI is InChI=1S/C21H21F3N2O3.C2H6O2S/c1-3-29-19-10-13(4-9-18(19)28-2)12-25-16-8-5-14(21(22,23)24)11-17(16)26(20(25)27)15-6-7-15;1-5(2,3)4/h4-5,8-11,15H,3,6-7,12H2,1-2H3;1-2H3. The molecule has 0 spiro atoms. The Morgan fingerprint density at radius 3 is 2.21 bits per heavy atom. The van der Waals surface area contributed by atoms with E-state index in [2.05, 4.69) is 0 Å². The van der Waals surface area contributed by atoms with Crippen LogP contribution < -0.4 is 15.2 Å². The van der Waals surface area contributed by atoms with Gasteiger partial charge in [0.1, 0.15) is 9.84 Å². The highest BCUT2D eigenvalue weighted by molar-refractivity contribution is 7.89. The fourth-order valence-corrected chi connectivity index (χ4v) is 3.57. The van der Waals surface area contributed by atoms with Crippen LogP contribution in [0.5, 0.6) is 11.5 Å². The maximum Gasteiger partial charge on any atom is 0.416 e. The summed E-state index contributed by atoms with van der Waals surface area (Å²) in [6, 6.07) is 8.81. The molecule has 1 aromatic heterocycles. The number of fused-ring (bicyclic) bond motifs is 1. The van der Waals surface area contributed by atoms with Gasteiger partial charge in [-0.25, -0.2) is 13.2 Å². The van der Waals surface area contributed by atoms with Gasteiger partial charge < -0.3 is 9.47 Å². The van der Waals surface area contributed by atoms with E-state index in [0.717, 1.165) is 43.0 Å². The fraction of sp³-hybridized carbons (Fsp3) is 0.435. The molecule has 2 aromatic carbocycles. The average molecular weight is 501 g/mol. The number of halogens is 3. The number of rotatable bonds is 6. The number of sulfone groups is 1. The van der Waals surface area contributed by atoms with Gasteiger partial charge in [-0.2, -0.15) is 13.2 Å². The molecule has 0 amide bonds. The van der Waals surface area contributed by atoms with E-state index in [1.54, 1.807) is 19.2 Å². The summed E-state index contributed by atoms with van der Waals surface area (Å²) in [6.07, 6.45) is -0.540. The van der Waals surface area contributed by atoms with E-state index in [1.165, 1.54) is 15.2 Å². The third-order valence-corrected chi connectivity index (χ3v) is 5.07. The third-order valence-electron chi connectivity index (χ3n) is 5.07. The molecule has 1 saturated carbocycles. The number of hydrogen-bond acceptors (Lipinski definition) is 5. The van der Waals surface area contributed by atoms with Crippen LogP contribution >= 0.6 is 0 Å². The van der Waals surface area contributed by atoms with Crippen molar-refractivity contribution in [2.24, 2.45) is 0 Å². The molecule has 34 heavy (non-hydrogen) atoms. The summed E-state index contributed by atoms with van der Waals surface area (Å²) >= 11 is 0. The van der Waals surface area contributed by atoms with Crippen molar-refractivity contribution in [3.63, 3.8) is 0 Å². The van der Waals surface area contributed by atoms with Crippen LogP contribution in [-0.2, 0) is 22.6 Å². The van der Waals surface area contributed by atoms with Crippen LogP contribution in [0.4, 0.5) is 13.2 Å². The van der Waals surface area contributed by atoms with E-state index in [4.69, 9.17) is 9.47 Å². The predicted molar refractivity (Wildman–Crippen MR) is 124 cm³/mol. The number of alkyl halides is 3. The molecule has 0 atom stereocenters. The first kappa shape index (κ1) is 25.7. The highest BCUT2D eigenvalue weighted by atomic mass is 32.2. The number of methoxy groups -OCH3 is 1. The van der Waals surface area contributed by atoms with E-state index >= 15 is 0 Å². The molecule has 1 aliphatic carbocycles. The molecule has 1 heterocycles. The maximum atomic E-state index is 13.2. The van der Waals surface area contributed by atoms with Crippen molar-refractivity contribution in [3.05, 3.63) is 58.0 Å². The monoisotopic (exact) mass is 500 g/mol. The predicted octanol–water partition coefficient (Wildman–Crippen LogP) is 4.27. The number of imidazole rings is 1. The van der Waals surface area contributed by atoms with Gasteiger partial charge >= 0.3 is 11.9 Å². The zero-order valence-corrected chi connectivity index (χ0v) is 20.2. The first-order valence-electron chi connectivity index (χ1n) is 10.6. The second-order valence-electron chi connectivity index (χ2n) is 8.23. The summed E-state index contributed by atoms with van der Waals surface area (Å²) in [4.78, 5) is 13.1. The number of nitrogens with zero attached hydrogens (tertiary/aromatic N) is 2. The van der Waals surface area contributed by atoms with Gasteiger partial charge in [0.05, 0.1) is 36.9 Å². The molecule has 11 heteroatoms. The minimum Gasteiger partial charge on any atom is -0.493 e. The Labute approximate surface area is 195 Å². The lowest BCUT2D eigenvalue weighted by Crippen LogP contribution is -2.24. The quantitative estimate of drug-likeness (QED) is 0.505. The molecule has 1 fully saturated rings. The van der Waals surface area contributed by atoms with Crippen molar-refractivity contribution in [3.8, 4) is 11.5 Å². The van der Waals surface area contributed by atoms with Crippen LogP contribution in [0.1, 0.15) is 36.9 Å². The second kappa shape index (κ2) is 9.73. The normalized spacial score (nSPS) is 14.0. The van der Waals surface area contributed by atoms with Crippen LogP contribution in [0.2, 0.25) is 0 Å². The molecule has 1 aliphatic rings. The van der Waals surface area contributed by atoms with Crippen molar-refractivity contribution in [2.75, 3.05) is 26.2 Å². The highest BCUT2D eigenvalue weighted by Crippen LogP contribution is 2.38. The summed E-state index contributed by atoms with van der Waals surface area (Å²) in [5.74, 6) is 1.14. The molecule has 0 radical (unpaired) electrons. The van der Waals surface area contributed by atoms with Gasteiger partial charge in [0.25, 0.3) is 0 Å². The number of hydrogen-bond donors (Lipinski definition) is 0. The zero-order chi connectivity index (χ0) is 25.3. The number of benzene rings is 2. The van der Waals surface area contributed by atoms with E-state index in [1.807, 2.05) is 13.0 Å². The van der Waals surface area contributed by atoms with Crippen LogP contribution in [-0.4, -0.2) is 43.8 Å². The Hall–Kier alpha value is -2.95. The molecule has 0 saturated heterocycles. The van der Waals surface area contributed by atoms with Gasteiger partial charge in [0, 0.05) is 18.6 Å². The molecule has 3 aromatic rings. The zero-order valence-electron chi connectivity index (χ0n) is 19.3. The van der Waals surface area contributed by atoms with Gasteiger partial charge in [-0.15, -0.1) is 0 Å². The SMILES string of the molecule is CCOc1cc(Cn2c(=O)n(C3CC3)c3cc(C(F)(F)F)ccc32)ccc1OC.CS(C)(=O)=O. The highest BCUT2D eigenvalue weighted by Gasteiger charge is 2.33. The molecule has 4 rings (SSSR count). The van der Waals surface area contributed by atoms with E-state index in [-0.39, 0.29) is 18.3 Å². The van der Waals surface area contributed by atoms with Crippen molar-refractivity contribution in [2.45, 2.75) is 38.5 Å². The number of aromatic nitrogens is 2. The lowest BCUT2D eigenvalue weighted by atomic mass is 10.1. The van der Waals surface area contributed by atoms with Crippen molar-refractivity contribution in [1.29, 1.82) is 0 Å². The Balaban J connectivity index is 0.000000588. The molecule has 0 N–H and O–H groups in total. The second-order valence-corrected chi connectivity index (χ2v) is 10.5. The minimum absolute atomic E-state index is 0.0374. The van der Waals surface area contributed by atoms with Crippen LogP contribution in [0.25, 0.3) is 11.0 Å². The maximum absolute atomic E-state index is 13.2. The minimum atomic E-state index is -4.46. The summed E-state index contributed by atoms with van der Waals surface area (Å²) in [5.41, 5.74) is 0.566. The van der Waals surface area contributed by atoms with Crippen molar-refractivity contribution < 1.29 is 31.1 Å². The van der Waals surface area contributed by atoms with E-state index < -0.39 is 21.6 Å². The smallest absolute Gasteiger partial charge is 0.416 e. The Bertz CT molecular complexity index is 1330. The van der Waals surface area contributed by atoms with Gasteiger partial charge in [0.2, 0.25) is 0 Å². The molecule has 0 aliphatic heterocycles.